The summed E-state index contributed by atoms with van der Waals surface area (Å²) < 4.78 is 25.9. The van der Waals surface area contributed by atoms with Crippen LogP contribution in [0.15, 0.2) is 17.2 Å². The molecule has 6 nitrogen and oxygen atoms in total. The number of aromatic carboxylic acids is 1. The van der Waals surface area contributed by atoms with Gasteiger partial charge in [-0.2, -0.15) is 4.31 Å². The van der Waals surface area contributed by atoms with Crippen LogP contribution in [0.3, 0.4) is 0 Å². The summed E-state index contributed by atoms with van der Waals surface area (Å²) in [6.45, 7) is 4.97. The quantitative estimate of drug-likeness (QED) is 0.863. The predicted octanol–water partition coefficient (Wildman–Crippen LogP) is 1.13. The topological polar surface area (TPSA) is 90.5 Å². The maximum absolute atomic E-state index is 12.3. The van der Waals surface area contributed by atoms with Gasteiger partial charge in [0.25, 0.3) is 0 Å². The van der Waals surface area contributed by atoms with E-state index in [0.29, 0.717) is 13.1 Å². The lowest BCUT2D eigenvalue weighted by atomic mass is 9.93. The zero-order valence-corrected chi connectivity index (χ0v) is 11.1. The molecule has 100 valence electrons. The van der Waals surface area contributed by atoms with Gasteiger partial charge in [-0.1, -0.05) is 13.8 Å². The molecule has 0 saturated carbocycles. The lowest BCUT2D eigenvalue weighted by Crippen LogP contribution is -2.30. The van der Waals surface area contributed by atoms with Crippen molar-refractivity contribution in [2.45, 2.75) is 25.2 Å². The van der Waals surface area contributed by atoms with Gasteiger partial charge in [0.05, 0.1) is 0 Å². The molecule has 0 bridgehead atoms. The van der Waals surface area contributed by atoms with Crippen molar-refractivity contribution in [1.29, 1.82) is 0 Å². The third kappa shape index (κ3) is 2.28. The molecule has 0 unspecified atom stereocenters. The Morgan fingerprint density at radius 3 is 2.61 bits per heavy atom. The van der Waals surface area contributed by atoms with Crippen LogP contribution in [0, 0.1) is 5.41 Å². The standard InChI is InChI=1S/C11H16N2O4S/c1-11(2)3-4-13(7-11)18(16,17)8-5-9(10(14)15)12-6-8/h5-6,12H,3-4,7H2,1-2H3,(H,14,15). The van der Waals surface area contributed by atoms with E-state index in [9.17, 15) is 13.2 Å². The molecule has 1 saturated heterocycles. The molecule has 0 aliphatic carbocycles. The fourth-order valence-electron chi connectivity index (χ4n) is 2.06. The smallest absolute Gasteiger partial charge is 0.352 e. The minimum absolute atomic E-state index is 0.0117. The number of aromatic amines is 1. The van der Waals surface area contributed by atoms with Gasteiger partial charge in [0, 0.05) is 19.3 Å². The van der Waals surface area contributed by atoms with E-state index in [1.54, 1.807) is 0 Å². The molecule has 1 aromatic heterocycles. The first kappa shape index (κ1) is 13.1. The van der Waals surface area contributed by atoms with Gasteiger partial charge >= 0.3 is 5.97 Å². The molecule has 1 fully saturated rings. The van der Waals surface area contributed by atoms with E-state index in [1.165, 1.54) is 10.5 Å². The van der Waals surface area contributed by atoms with Crippen molar-refractivity contribution < 1.29 is 18.3 Å². The molecule has 0 spiro atoms. The molecule has 0 amide bonds. The van der Waals surface area contributed by atoms with Crippen LogP contribution in [0.25, 0.3) is 0 Å². The number of hydrogen-bond donors (Lipinski definition) is 2. The maximum atomic E-state index is 12.3. The van der Waals surface area contributed by atoms with E-state index in [0.717, 1.165) is 12.5 Å². The van der Waals surface area contributed by atoms with Gasteiger partial charge in [-0.25, -0.2) is 13.2 Å². The lowest BCUT2D eigenvalue weighted by molar-refractivity contribution is 0.0691. The molecule has 2 heterocycles. The Kier molecular flexibility index (Phi) is 2.98. The molecule has 1 aliphatic rings. The summed E-state index contributed by atoms with van der Waals surface area (Å²) in [7, 11) is -3.58. The van der Waals surface area contributed by atoms with Crippen LogP contribution in [-0.4, -0.2) is 41.9 Å². The highest BCUT2D eigenvalue weighted by atomic mass is 32.2. The average molecular weight is 272 g/mol. The second kappa shape index (κ2) is 4.10. The number of aromatic nitrogens is 1. The van der Waals surface area contributed by atoms with Gasteiger partial charge in [-0.15, -0.1) is 0 Å². The Morgan fingerprint density at radius 1 is 1.50 bits per heavy atom. The first-order valence-corrected chi connectivity index (χ1v) is 7.08. The first-order valence-electron chi connectivity index (χ1n) is 5.64. The third-order valence-corrected chi connectivity index (χ3v) is 4.99. The molecule has 18 heavy (non-hydrogen) atoms. The number of carbonyl (C=O) groups is 1. The largest absolute Gasteiger partial charge is 0.477 e. The SMILES string of the molecule is CC1(C)CCN(S(=O)(=O)c2c[nH]c(C(=O)O)c2)C1. The van der Waals surface area contributed by atoms with E-state index in [-0.39, 0.29) is 16.0 Å². The molecule has 7 heteroatoms. The van der Waals surface area contributed by atoms with Crippen molar-refractivity contribution in [1.82, 2.24) is 9.29 Å². The maximum Gasteiger partial charge on any atom is 0.352 e. The third-order valence-electron chi connectivity index (χ3n) is 3.17. The van der Waals surface area contributed by atoms with E-state index in [2.05, 4.69) is 4.98 Å². The van der Waals surface area contributed by atoms with E-state index < -0.39 is 16.0 Å². The highest BCUT2D eigenvalue weighted by Gasteiger charge is 2.37. The minimum Gasteiger partial charge on any atom is -0.477 e. The van der Waals surface area contributed by atoms with Crippen LogP contribution in [0.2, 0.25) is 0 Å². The molecule has 1 aliphatic heterocycles. The van der Waals surface area contributed by atoms with Crippen molar-refractivity contribution in [3.05, 3.63) is 18.0 Å². The van der Waals surface area contributed by atoms with Crippen molar-refractivity contribution in [2.75, 3.05) is 13.1 Å². The summed E-state index contributed by atoms with van der Waals surface area (Å²) >= 11 is 0. The zero-order chi connectivity index (χ0) is 13.6. The number of H-pyrrole nitrogens is 1. The predicted molar refractivity (Wildman–Crippen MR) is 64.9 cm³/mol. The van der Waals surface area contributed by atoms with Crippen molar-refractivity contribution in [2.24, 2.45) is 5.41 Å². The highest BCUT2D eigenvalue weighted by molar-refractivity contribution is 7.89. The molecular formula is C11H16N2O4S. The fourth-order valence-corrected chi connectivity index (χ4v) is 3.69. The Hall–Kier alpha value is -1.34. The van der Waals surface area contributed by atoms with Crippen molar-refractivity contribution in [3.8, 4) is 0 Å². The summed E-state index contributed by atoms with van der Waals surface area (Å²) in [5.41, 5.74) is -0.147. The van der Waals surface area contributed by atoms with Crippen LogP contribution >= 0.6 is 0 Å². The van der Waals surface area contributed by atoms with E-state index in [4.69, 9.17) is 5.11 Å². The summed E-state index contributed by atoms with van der Waals surface area (Å²) in [6, 6.07) is 1.16. The van der Waals surface area contributed by atoms with Gasteiger partial charge in [-0.3, -0.25) is 0 Å². The summed E-state index contributed by atoms with van der Waals surface area (Å²) in [6.07, 6.45) is 2.03. The van der Waals surface area contributed by atoms with Gasteiger partial charge in [0.2, 0.25) is 10.0 Å². The number of nitrogens with one attached hydrogen (secondary N) is 1. The van der Waals surface area contributed by atoms with Crippen LogP contribution in [0.5, 0.6) is 0 Å². The minimum atomic E-state index is -3.58. The van der Waals surface area contributed by atoms with Gasteiger partial charge in [0.15, 0.2) is 0 Å². The number of carboxylic acid groups (broad SMARTS) is 1. The first-order chi connectivity index (χ1) is 8.22. The molecule has 0 aromatic carbocycles. The Morgan fingerprint density at radius 2 is 2.17 bits per heavy atom. The van der Waals surface area contributed by atoms with E-state index in [1.807, 2.05) is 13.8 Å². The Bertz CT molecular complexity index is 574. The molecule has 0 radical (unpaired) electrons. The summed E-state index contributed by atoms with van der Waals surface area (Å²) in [5.74, 6) is -1.17. The summed E-state index contributed by atoms with van der Waals surface area (Å²) in [5, 5.41) is 8.77. The second-order valence-electron chi connectivity index (χ2n) is 5.31. The van der Waals surface area contributed by atoms with Gasteiger partial charge in [-0.05, 0) is 17.9 Å². The van der Waals surface area contributed by atoms with Crippen LogP contribution in [-0.2, 0) is 10.0 Å². The fraction of sp³-hybridized carbons (Fsp3) is 0.545. The highest BCUT2D eigenvalue weighted by Crippen LogP contribution is 2.32. The molecule has 0 atom stereocenters. The number of carboxylic acids is 1. The van der Waals surface area contributed by atoms with Crippen molar-refractivity contribution >= 4 is 16.0 Å². The molecule has 2 rings (SSSR count). The molecule has 1 aromatic rings. The van der Waals surface area contributed by atoms with Crippen LogP contribution in [0.4, 0.5) is 0 Å². The Labute approximate surface area is 106 Å². The summed E-state index contributed by atoms with van der Waals surface area (Å²) in [4.78, 5) is 13.2. The normalized spacial score (nSPS) is 20.1. The number of sulfonamides is 1. The Balaban J connectivity index is 2.28. The number of rotatable bonds is 3. The zero-order valence-electron chi connectivity index (χ0n) is 10.3. The number of nitrogens with zero attached hydrogens (tertiary/aromatic N) is 1. The van der Waals surface area contributed by atoms with Crippen molar-refractivity contribution in [3.63, 3.8) is 0 Å². The molecular weight excluding hydrogens is 256 g/mol. The van der Waals surface area contributed by atoms with Crippen LogP contribution in [0.1, 0.15) is 30.8 Å². The van der Waals surface area contributed by atoms with Gasteiger partial charge < -0.3 is 10.1 Å². The number of hydrogen-bond acceptors (Lipinski definition) is 3. The average Bonchev–Trinajstić information content (AvgIpc) is 2.84. The van der Waals surface area contributed by atoms with Gasteiger partial charge in [0.1, 0.15) is 10.6 Å². The van der Waals surface area contributed by atoms with E-state index >= 15 is 0 Å². The van der Waals surface area contributed by atoms with Crippen LogP contribution < -0.4 is 0 Å². The second-order valence-corrected chi connectivity index (χ2v) is 7.24. The molecule has 2 N–H and O–H groups in total. The monoisotopic (exact) mass is 272 g/mol. The lowest BCUT2D eigenvalue weighted by Gasteiger charge is -2.18.